The molecule has 0 aromatic rings. The fourth-order valence-electron chi connectivity index (χ4n) is 0.131. The third kappa shape index (κ3) is 3.49. The van der Waals surface area contributed by atoms with Gasteiger partial charge >= 0.3 is 5.43 Å². The second-order valence-electron chi connectivity index (χ2n) is 0.916. The highest BCUT2D eigenvalue weighted by molar-refractivity contribution is 6.61. The molecule has 0 bridgehead atoms. The maximum Gasteiger partial charge on any atom is 0.411 e. The van der Waals surface area contributed by atoms with Gasteiger partial charge in [0.2, 0.25) is 0 Å². The topological polar surface area (TPSA) is 35.5 Å². The highest BCUT2D eigenvalue weighted by atomic mass is 35.5. The number of rotatable bonds is 2. The summed E-state index contributed by atoms with van der Waals surface area (Å²) >= 11 is 4.75. The molecular formula is C4H5ClO3. The van der Waals surface area contributed by atoms with Gasteiger partial charge in [-0.3, -0.25) is 0 Å². The Kier molecular flexibility index (Phi) is 3.03. The van der Waals surface area contributed by atoms with Gasteiger partial charge in [0.15, 0.2) is 0 Å². The Bertz CT molecular complexity index is 110. The Morgan fingerprint density at radius 3 is 2.38 bits per heavy atom. The fourth-order valence-corrected chi connectivity index (χ4v) is 0.217. The Morgan fingerprint density at radius 1 is 1.75 bits per heavy atom. The van der Waals surface area contributed by atoms with Gasteiger partial charge in [0.05, 0.1) is 7.11 Å². The number of hydrogen-bond acceptors (Lipinski definition) is 3. The zero-order valence-corrected chi connectivity index (χ0v) is 5.07. The normalized spacial score (nSPS) is 7.75. The molecule has 3 nitrogen and oxygen atoms in total. The molecule has 0 amide bonds. The van der Waals surface area contributed by atoms with Crippen LogP contribution >= 0.6 is 11.6 Å². The third-order valence-corrected chi connectivity index (χ3v) is 0.499. The maximum atomic E-state index is 9.82. The van der Waals surface area contributed by atoms with Gasteiger partial charge in [0.25, 0.3) is 5.95 Å². The molecule has 0 aliphatic rings. The van der Waals surface area contributed by atoms with Crippen molar-refractivity contribution in [2.75, 3.05) is 7.11 Å². The van der Waals surface area contributed by atoms with Crippen LogP contribution in [0.25, 0.3) is 0 Å². The Morgan fingerprint density at radius 2 is 2.25 bits per heavy atom. The van der Waals surface area contributed by atoms with Crippen LogP contribution in [0.3, 0.4) is 0 Å². The van der Waals surface area contributed by atoms with Crippen LogP contribution in [0.2, 0.25) is 0 Å². The number of hydrogen-bond donors (Lipinski definition) is 0. The van der Waals surface area contributed by atoms with Gasteiger partial charge in [-0.15, -0.1) is 0 Å². The van der Waals surface area contributed by atoms with E-state index in [0.29, 0.717) is 0 Å². The molecule has 0 saturated carbocycles. The summed E-state index contributed by atoms with van der Waals surface area (Å²) in [6.07, 6.45) is 0. The van der Waals surface area contributed by atoms with Crippen molar-refractivity contribution in [3.63, 3.8) is 0 Å². The van der Waals surface area contributed by atoms with Crippen LogP contribution in [0.15, 0.2) is 12.5 Å². The first-order valence-corrected chi connectivity index (χ1v) is 2.15. The van der Waals surface area contributed by atoms with Gasteiger partial charge in [-0.2, -0.15) is 0 Å². The summed E-state index contributed by atoms with van der Waals surface area (Å²) in [6, 6.07) is 0. The summed E-state index contributed by atoms with van der Waals surface area (Å²) in [5.41, 5.74) is -0.947. The van der Waals surface area contributed by atoms with Gasteiger partial charge in [-0.1, -0.05) is 0 Å². The van der Waals surface area contributed by atoms with Crippen LogP contribution in [-0.4, -0.2) is 12.5 Å². The predicted molar refractivity (Wildman–Crippen MR) is 28.5 cm³/mol. The van der Waals surface area contributed by atoms with Gasteiger partial charge in [-0.05, 0) is 6.58 Å². The Labute approximate surface area is 51.8 Å². The minimum Gasteiger partial charge on any atom is -0.469 e. The van der Waals surface area contributed by atoms with E-state index >= 15 is 0 Å². The first kappa shape index (κ1) is 7.30. The summed E-state index contributed by atoms with van der Waals surface area (Å²) in [5, 5.41) is 0. The molecule has 0 aromatic heterocycles. The monoisotopic (exact) mass is 136 g/mol. The van der Waals surface area contributed by atoms with Crippen molar-refractivity contribution in [2.45, 2.75) is 0 Å². The zero-order chi connectivity index (χ0) is 6.57. The summed E-state index contributed by atoms with van der Waals surface area (Å²) in [4.78, 5) is 9.82. The number of ether oxygens (including phenoxy) is 2. The highest BCUT2D eigenvalue weighted by Crippen LogP contribution is 1.96. The highest BCUT2D eigenvalue weighted by Gasteiger charge is 1.96. The lowest BCUT2D eigenvalue weighted by Crippen LogP contribution is -1.93. The van der Waals surface area contributed by atoms with Crippen molar-refractivity contribution in [1.82, 2.24) is 0 Å². The van der Waals surface area contributed by atoms with E-state index in [1.807, 2.05) is 0 Å². The molecule has 0 heterocycles. The SMILES string of the molecule is C=C(OC)OC(=O)Cl. The number of methoxy groups -OCH3 is 1. The molecule has 4 heteroatoms. The van der Waals surface area contributed by atoms with Crippen molar-refractivity contribution >= 4 is 17.0 Å². The van der Waals surface area contributed by atoms with Gasteiger partial charge in [0.1, 0.15) is 0 Å². The fraction of sp³-hybridized carbons (Fsp3) is 0.250. The second kappa shape index (κ2) is 3.32. The standard InChI is InChI=1S/C4H5ClO3/c1-3(7-2)8-4(5)6/h1H2,2H3. The van der Waals surface area contributed by atoms with E-state index < -0.39 is 5.43 Å². The van der Waals surface area contributed by atoms with Crippen molar-refractivity contribution in [3.8, 4) is 0 Å². The van der Waals surface area contributed by atoms with Crippen LogP contribution in [0.4, 0.5) is 4.79 Å². The van der Waals surface area contributed by atoms with Crippen molar-refractivity contribution in [1.29, 1.82) is 0 Å². The quantitative estimate of drug-likeness (QED) is 0.426. The first-order chi connectivity index (χ1) is 3.66. The molecule has 0 N–H and O–H groups in total. The lowest BCUT2D eigenvalue weighted by molar-refractivity contribution is 0.111. The summed E-state index contributed by atoms with van der Waals surface area (Å²) in [7, 11) is 1.32. The van der Waals surface area contributed by atoms with Gasteiger partial charge in [-0.25, -0.2) is 4.79 Å². The molecule has 0 unspecified atom stereocenters. The van der Waals surface area contributed by atoms with E-state index in [1.165, 1.54) is 7.11 Å². The molecule has 0 rings (SSSR count). The van der Waals surface area contributed by atoms with E-state index in [1.54, 1.807) is 0 Å². The first-order valence-electron chi connectivity index (χ1n) is 1.77. The average molecular weight is 137 g/mol. The summed E-state index contributed by atoms with van der Waals surface area (Å²) in [6.45, 7) is 3.16. The Hall–Kier alpha value is -0.700. The smallest absolute Gasteiger partial charge is 0.411 e. The van der Waals surface area contributed by atoms with Crippen LogP contribution in [0, 0.1) is 0 Å². The van der Waals surface area contributed by atoms with E-state index in [-0.39, 0.29) is 5.95 Å². The second-order valence-corrected chi connectivity index (χ2v) is 1.22. The molecule has 0 aromatic carbocycles. The molecule has 0 fully saturated rings. The average Bonchev–Trinajstić information content (AvgIpc) is 1.65. The molecule has 0 aliphatic carbocycles. The lowest BCUT2D eigenvalue weighted by atomic mass is 11.0. The predicted octanol–water partition coefficient (Wildman–Crippen LogP) is 1.48. The van der Waals surface area contributed by atoms with Crippen LogP contribution in [-0.2, 0) is 9.47 Å². The van der Waals surface area contributed by atoms with E-state index in [9.17, 15) is 4.79 Å². The molecule has 0 spiro atoms. The van der Waals surface area contributed by atoms with Crippen LogP contribution in [0.5, 0.6) is 0 Å². The van der Waals surface area contributed by atoms with E-state index in [0.717, 1.165) is 0 Å². The van der Waals surface area contributed by atoms with E-state index in [4.69, 9.17) is 11.6 Å². The number of carbonyl (C=O) groups is 1. The number of carbonyl (C=O) groups excluding carboxylic acids is 1. The molecule has 0 radical (unpaired) electrons. The largest absolute Gasteiger partial charge is 0.469 e. The Balaban J connectivity index is 3.40. The minimum absolute atomic E-state index is 0.106. The van der Waals surface area contributed by atoms with Crippen LogP contribution in [0.1, 0.15) is 0 Å². The number of halogens is 1. The molecule has 0 aliphatic heterocycles. The lowest BCUT2D eigenvalue weighted by Gasteiger charge is -1.98. The van der Waals surface area contributed by atoms with Crippen LogP contribution < -0.4 is 0 Å². The zero-order valence-electron chi connectivity index (χ0n) is 4.31. The van der Waals surface area contributed by atoms with Gasteiger partial charge < -0.3 is 9.47 Å². The van der Waals surface area contributed by atoms with Crippen molar-refractivity contribution < 1.29 is 14.3 Å². The molecular weight excluding hydrogens is 131 g/mol. The third-order valence-electron chi connectivity index (χ3n) is 0.422. The minimum atomic E-state index is -0.947. The van der Waals surface area contributed by atoms with Crippen molar-refractivity contribution in [2.24, 2.45) is 0 Å². The molecule has 0 saturated heterocycles. The van der Waals surface area contributed by atoms with Gasteiger partial charge in [0, 0.05) is 11.6 Å². The molecule has 0 atom stereocenters. The van der Waals surface area contributed by atoms with E-state index in [2.05, 4.69) is 16.1 Å². The van der Waals surface area contributed by atoms with Crippen molar-refractivity contribution in [3.05, 3.63) is 12.5 Å². The summed E-state index contributed by atoms with van der Waals surface area (Å²) in [5.74, 6) is -0.106. The molecule has 46 valence electrons. The molecule has 8 heavy (non-hydrogen) atoms. The maximum absolute atomic E-state index is 9.82. The summed E-state index contributed by atoms with van der Waals surface area (Å²) < 4.78 is 8.45.